The SMILES string of the molecule is COc1ccc(OC)c(C2CCCN2c2nc(C)cc(C#N)n2)c1. The molecule has 1 aromatic carbocycles. The number of aromatic nitrogens is 2. The molecule has 2 heterocycles. The molecule has 24 heavy (non-hydrogen) atoms. The third kappa shape index (κ3) is 2.98. The van der Waals surface area contributed by atoms with Crippen LogP contribution in [-0.4, -0.2) is 30.7 Å². The lowest BCUT2D eigenvalue weighted by molar-refractivity contribution is 0.395. The number of ether oxygens (including phenoxy) is 2. The molecule has 2 aromatic rings. The molecule has 0 radical (unpaired) electrons. The van der Waals surface area contributed by atoms with Crippen molar-refractivity contribution >= 4 is 5.95 Å². The summed E-state index contributed by atoms with van der Waals surface area (Å²) in [5, 5.41) is 9.17. The number of nitriles is 1. The van der Waals surface area contributed by atoms with E-state index in [2.05, 4.69) is 20.9 Å². The number of nitrogens with zero attached hydrogens (tertiary/aromatic N) is 4. The molecule has 1 aromatic heterocycles. The normalized spacial score (nSPS) is 16.8. The summed E-state index contributed by atoms with van der Waals surface area (Å²) in [5.41, 5.74) is 2.23. The van der Waals surface area contributed by atoms with Gasteiger partial charge in [0.2, 0.25) is 5.95 Å². The van der Waals surface area contributed by atoms with E-state index in [4.69, 9.17) is 14.7 Å². The molecule has 1 aliphatic heterocycles. The maximum atomic E-state index is 9.17. The quantitative estimate of drug-likeness (QED) is 0.861. The Bertz CT molecular complexity index is 785. The summed E-state index contributed by atoms with van der Waals surface area (Å²) in [6, 6.07) is 9.71. The van der Waals surface area contributed by atoms with Crippen LogP contribution in [0.15, 0.2) is 24.3 Å². The minimum Gasteiger partial charge on any atom is -0.497 e. The van der Waals surface area contributed by atoms with E-state index in [0.29, 0.717) is 11.6 Å². The van der Waals surface area contributed by atoms with Crippen LogP contribution in [0.1, 0.15) is 35.8 Å². The molecule has 0 bridgehead atoms. The monoisotopic (exact) mass is 324 g/mol. The highest BCUT2D eigenvalue weighted by Crippen LogP contribution is 2.40. The van der Waals surface area contributed by atoms with E-state index < -0.39 is 0 Å². The summed E-state index contributed by atoms with van der Waals surface area (Å²) in [4.78, 5) is 11.1. The Morgan fingerprint density at radius 1 is 1.21 bits per heavy atom. The maximum absolute atomic E-state index is 9.17. The average molecular weight is 324 g/mol. The van der Waals surface area contributed by atoms with Crippen LogP contribution < -0.4 is 14.4 Å². The zero-order valence-electron chi connectivity index (χ0n) is 14.1. The average Bonchev–Trinajstić information content (AvgIpc) is 3.10. The van der Waals surface area contributed by atoms with Gasteiger partial charge in [-0.3, -0.25) is 0 Å². The van der Waals surface area contributed by atoms with E-state index in [1.54, 1.807) is 20.3 Å². The van der Waals surface area contributed by atoms with Crippen LogP contribution in [0.4, 0.5) is 5.95 Å². The van der Waals surface area contributed by atoms with Crippen molar-refractivity contribution in [3.63, 3.8) is 0 Å². The molecule has 1 unspecified atom stereocenters. The lowest BCUT2D eigenvalue weighted by atomic mass is 10.0. The number of hydrogen-bond donors (Lipinski definition) is 0. The van der Waals surface area contributed by atoms with Crippen molar-refractivity contribution in [2.45, 2.75) is 25.8 Å². The number of benzene rings is 1. The highest BCUT2D eigenvalue weighted by Gasteiger charge is 2.31. The largest absolute Gasteiger partial charge is 0.497 e. The molecule has 0 N–H and O–H groups in total. The van der Waals surface area contributed by atoms with Crippen molar-refractivity contribution in [2.24, 2.45) is 0 Å². The standard InChI is InChI=1S/C18H20N4O2/c1-12-9-13(11-19)21-18(20-12)22-8-4-5-16(22)15-10-14(23-2)6-7-17(15)24-3/h6-7,9-10,16H,4-5,8H2,1-3H3. The summed E-state index contributed by atoms with van der Waals surface area (Å²) in [5.74, 6) is 2.21. The van der Waals surface area contributed by atoms with Gasteiger partial charge in [-0.15, -0.1) is 0 Å². The molecular formula is C18H20N4O2. The molecule has 6 heteroatoms. The summed E-state index contributed by atoms with van der Waals surface area (Å²) in [6.45, 7) is 2.72. The van der Waals surface area contributed by atoms with E-state index in [1.165, 1.54) is 0 Å². The molecule has 0 saturated carbocycles. The van der Waals surface area contributed by atoms with Crippen LogP contribution in [-0.2, 0) is 0 Å². The third-order valence-electron chi connectivity index (χ3n) is 4.26. The number of anilines is 1. The minimum atomic E-state index is 0.100. The number of rotatable bonds is 4. The van der Waals surface area contributed by atoms with Crippen molar-refractivity contribution in [3.8, 4) is 17.6 Å². The number of hydrogen-bond acceptors (Lipinski definition) is 6. The second-order valence-electron chi connectivity index (χ2n) is 5.77. The molecule has 0 spiro atoms. The summed E-state index contributed by atoms with van der Waals surface area (Å²) < 4.78 is 10.9. The van der Waals surface area contributed by atoms with Gasteiger partial charge in [-0.2, -0.15) is 5.26 Å². The highest BCUT2D eigenvalue weighted by molar-refractivity contribution is 5.48. The summed E-state index contributed by atoms with van der Waals surface area (Å²) >= 11 is 0. The lowest BCUT2D eigenvalue weighted by Crippen LogP contribution is -2.25. The lowest BCUT2D eigenvalue weighted by Gasteiger charge is -2.26. The first-order valence-corrected chi connectivity index (χ1v) is 7.90. The summed E-state index contributed by atoms with van der Waals surface area (Å²) in [7, 11) is 3.32. The Morgan fingerprint density at radius 2 is 2.04 bits per heavy atom. The fourth-order valence-corrected chi connectivity index (χ4v) is 3.17. The maximum Gasteiger partial charge on any atom is 0.227 e. The second kappa shape index (κ2) is 6.75. The fraction of sp³-hybridized carbons (Fsp3) is 0.389. The van der Waals surface area contributed by atoms with E-state index in [1.807, 2.05) is 25.1 Å². The predicted octanol–water partition coefficient (Wildman–Crippen LogP) is 3.02. The van der Waals surface area contributed by atoms with Gasteiger partial charge < -0.3 is 14.4 Å². The molecular weight excluding hydrogens is 304 g/mol. The van der Waals surface area contributed by atoms with Crippen LogP contribution in [0.3, 0.4) is 0 Å². The van der Waals surface area contributed by atoms with Crippen molar-refractivity contribution in [3.05, 3.63) is 41.2 Å². The van der Waals surface area contributed by atoms with Crippen molar-refractivity contribution in [1.29, 1.82) is 5.26 Å². The molecule has 0 aliphatic carbocycles. The molecule has 6 nitrogen and oxygen atoms in total. The number of methoxy groups -OCH3 is 2. The van der Waals surface area contributed by atoms with E-state index >= 15 is 0 Å². The van der Waals surface area contributed by atoms with Gasteiger partial charge in [0, 0.05) is 17.8 Å². The fourth-order valence-electron chi connectivity index (χ4n) is 3.17. The van der Waals surface area contributed by atoms with Gasteiger partial charge in [-0.05, 0) is 44.0 Å². The topological polar surface area (TPSA) is 71.3 Å². The smallest absolute Gasteiger partial charge is 0.227 e. The van der Waals surface area contributed by atoms with Crippen LogP contribution in [0.2, 0.25) is 0 Å². The first-order chi connectivity index (χ1) is 11.7. The van der Waals surface area contributed by atoms with Gasteiger partial charge >= 0.3 is 0 Å². The van der Waals surface area contributed by atoms with Gasteiger partial charge in [0.15, 0.2) is 0 Å². The van der Waals surface area contributed by atoms with E-state index in [-0.39, 0.29) is 6.04 Å². The Hall–Kier alpha value is -2.81. The Balaban J connectivity index is 2.03. The van der Waals surface area contributed by atoms with Crippen molar-refractivity contribution in [2.75, 3.05) is 25.7 Å². The Morgan fingerprint density at radius 3 is 2.75 bits per heavy atom. The van der Waals surface area contributed by atoms with Crippen LogP contribution in [0.5, 0.6) is 11.5 Å². The zero-order chi connectivity index (χ0) is 17.1. The van der Waals surface area contributed by atoms with Gasteiger partial charge in [0.25, 0.3) is 0 Å². The Kier molecular flexibility index (Phi) is 4.52. The van der Waals surface area contributed by atoms with Crippen molar-refractivity contribution < 1.29 is 9.47 Å². The molecule has 0 amide bonds. The van der Waals surface area contributed by atoms with Gasteiger partial charge in [-0.1, -0.05) is 0 Å². The van der Waals surface area contributed by atoms with Crippen molar-refractivity contribution in [1.82, 2.24) is 9.97 Å². The van der Waals surface area contributed by atoms with Crippen LogP contribution in [0.25, 0.3) is 0 Å². The van der Waals surface area contributed by atoms with E-state index in [9.17, 15) is 0 Å². The first kappa shape index (κ1) is 16.1. The van der Waals surface area contributed by atoms with Crippen LogP contribution in [0, 0.1) is 18.3 Å². The zero-order valence-corrected chi connectivity index (χ0v) is 14.1. The molecule has 1 fully saturated rings. The second-order valence-corrected chi connectivity index (χ2v) is 5.77. The molecule has 124 valence electrons. The van der Waals surface area contributed by atoms with Gasteiger partial charge in [-0.25, -0.2) is 9.97 Å². The van der Waals surface area contributed by atoms with Gasteiger partial charge in [0.05, 0.1) is 20.3 Å². The highest BCUT2D eigenvalue weighted by atomic mass is 16.5. The first-order valence-electron chi connectivity index (χ1n) is 7.90. The number of aryl methyl sites for hydroxylation is 1. The molecule has 1 atom stereocenters. The Labute approximate surface area is 141 Å². The van der Waals surface area contributed by atoms with Crippen LogP contribution >= 0.6 is 0 Å². The van der Waals surface area contributed by atoms with E-state index in [0.717, 1.165) is 42.1 Å². The molecule has 1 aliphatic rings. The summed E-state index contributed by atoms with van der Waals surface area (Å²) in [6.07, 6.45) is 2.01. The molecule has 3 rings (SSSR count). The third-order valence-corrected chi connectivity index (χ3v) is 4.26. The molecule has 1 saturated heterocycles. The predicted molar refractivity (Wildman–Crippen MR) is 90.4 cm³/mol. The minimum absolute atomic E-state index is 0.100. The van der Waals surface area contributed by atoms with Gasteiger partial charge in [0.1, 0.15) is 23.3 Å².